The van der Waals surface area contributed by atoms with E-state index in [0.717, 1.165) is 28.4 Å². The molecule has 2 rings (SSSR count). The maximum atomic E-state index is 10.7. The van der Waals surface area contributed by atoms with Gasteiger partial charge in [0.05, 0.1) is 24.2 Å². The van der Waals surface area contributed by atoms with Crippen LogP contribution in [0.5, 0.6) is 11.5 Å². The molecule has 0 saturated heterocycles. The highest BCUT2D eigenvalue weighted by Gasteiger charge is 2.47. The minimum atomic E-state index is -0.427. The van der Waals surface area contributed by atoms with Crippen molar-refractivity contribution in [3.8, 4) is 11.5 Å². The summed E-state index contributed by atoms with van der Waals surface area (Å²) in [4.78, 5) is 14.7. The molecule has 108 valence electrons. The first-order chi connectivity index (χ1) is 9.50. The van der Waals surface area contributed by atoms with Crippen molar-refractivity contribution >= 4 is 22.0 Å². The van der Waals surface area contributed by atoms with Crippen molar-refractivity contribution in [2.75, 3.05) is 14.2 Å². The van der Waals surface area contributed by atoms with E-state index in [4.69, 9.17) is 9.47 Å². The normalized spacial score (nSPS) is 15.7. The van der Waals surface area contributed by atoms with Crippen molar-refractivity contribution in [3.05, 3.63) is 21.7 Å². The second-order valence-corrected chi connectivity index (χ2v) is 6.13. The van der Waals surface area contributed by atoms with Gasteiger partial charge in [-0.15, -0.1) is 0 Å². The molecule has 0 amide bonds. The first kappa shape index (κ1) is 15.1. The summed E-state index contributed by atoms with van der Waals surface area (Å²) in [6, 6.07) is 1.99. The van der Waals surface area contributed by atoms with Gasteiger partial charge < -0.3 is 9.47 Å². The third-order valence-corrected chi connectivity index (χ3v) is 4.29. The SMILES string of the molecule is COc1c(Br)cc(C2(N=C=O)CC2)c(C(C)C)c1OC. The van der Waals surface area contributed by atoms with E-state index in [1.54, 1.807) is 20.3 Å². The van der Waals surface area contributed by atoms with E-state index in [1.165, 1.54) is 0 Å². The predicted molar refractivity (Wildman–Crippen MR) is 80.4 cm³/mol. The van der Waals surface area contributed by atoms with E-state index < -0.39 is 5.54 Å². The third kappa shape index (κ3) is 2.36. The van der Waals surface area contributed by atoms with Crippen LogP contribution in [0.1, 0.15) is 43.7 Å². The Labute approximate surface area is 127 Å². The van der Waals surface area contributed by atoms with Gasteiger partial charge in [0.1, 0.15) is 0 Å². The summed E-state index contributed by atoms with van der Waals surface area (Å²) >= 11 is 3.51. The van der Waals surface area contributed by atoms with Crippen LogP contribution in [0.15, 0.2) is 15.5 Å². The van der Waals surface area contributed by atoms with Gasteiger partial charge in [0.2, 0.25) is 6.08 Å². The lowest BCUT2D eigenvalue weighted by Gasteiger charge is -2.23. The Morgan fingerprint density at radius 2 is 1.90 bits per heavy atom. The number of halogens is 1. The molecule has 1 aromatic rings. The van der Waals surface area contributed by atoms with Crippen LogP contribution < -0.4 is 9.47 Å². The molecular formula is C15H18BrNO3. The van der Waals surface area contributed by atoms with Crippen molar-refractivity contribution in [3.63, 3.8) is 0 Å². The molecule has 5 heteroatoms. The summed E-state index contributed by atoms with van der Waals surface area (Å²) in [5.41, 5.74) is 1.65. The van der Waals surface area contributed by atoms with Gasteiger partial charge in [-0.2, -0.15) is 4.99 Å². The molecule has 0 aromatic heterocycles. The molecule has 0 heterocycles. The summed E-state index contributed by atoms with van der Waals surface area (Å²) < 4.78 is 11.8. The molecule has 0 bridgehead atoms. The smallest absolute Gasteiger partial charge is 0.235 e. The summed E-state index contributed by atoms with van der Waals surface area (Å²) in [5, 5.41) is 0. The lowest BCUT2D eigenvalue weighted by atomic mass is 9.90. The Balaban J connectivity index is 2.75. The van der Waals surface area contributed by atoms with Crippen LogP contribution in [0.3, 0.4) is 0 Å². The van der Waals surface area contributed by atoms with Gasteiger partial charge in [-0.05, 0) is 46.3 Å². The van der Waals surface area contributed by atoms with Crippen LogP contribution in [-0.2, 0) is 10.3 Å². The molecule has 1 saturated carbocycles. The number of methoxy groups -OCH3 is 2. The molecule has 0 radical (unpaired) electrons. The fourth-order valence-corrected chi connectivity index (χ4v) is 3.19. The minimum absolute atomic E-state index is 0.237. The lowest BCUT2D eigenvalue weighted by molar-refractivity contribution is 0.347. The van der Waals surface area contributed by atoms with E-state index in [-0.39, 0.29) is 5.92 Å². The van der Waals surface area contributed by atoms with Crippen LogP contribution in [-0.4, -0.2) is 20.3 Å². The van der Waals surface area contributed by atoms with Crippen molar-refractivity contribution in [1.82, 2.24) is 0 Å². The number of hydrogen-bond acceptors (Lipinski definition) is 4. The molecule has 0 N–H and O–H groups in total. The molecule has 1 aliphatic carbocycles. The summed E-state index contributed by atoms with van der Waals surface area (Å²) in [7, 11) is 3.24. The van der Waals surface area contributed by atoms with Gasteiger partial charge in [-0.3, -0.25) is 0 Å². The predicted octanol–water partition coefficient (Wildman–Crippen LogP) is 3.91. The Hall–Kier alpha value is -1.32. The average Bonchev–Trinajstić information content (AvgIpc) is 3.18. The fraction of sp³-hybridized carbons (Fsp3) is 0.533. The number of aliphatic imine (C=N–C) groups is 1. The Bertz CT molecular complexity index is 573. The number of nitrogens with zero attached hydrogens (tertiary/aromatic N) is 1. The zero-order valence-corrected chi connectivity index (χ0v) is 13.7. The average molecular weight is 340 g/mol. The third-order valence-electron chi connectivity index (χ3n) is 3.70. The van der Waals surface area contributed by atoms with Crippen molar-refractivity contribution in [2.45, 2.75) is 38.1 Å². The van der Waals surface area contributed by atoms with Crippen molar-refractivity contribution in [1.29, 1.82) is 0 Å². The van der Waals surface area contributed by atoms with Crippen molar-refractivity contribution in [2.24, 2.45) is 4.99 Å². The van der Waals surface area contributed by atoms with E-state index in [2.05, 4.69) is 34.8 Å². The first-order valence-electron chi connectivity index (χ1n) is 6.54. The summed E-state index contributed by atoms with van der Waals surface area (Å²) in [5.74, 6) is 1.62. The van der Waals surface area contributed by atoms with Gasteiger partial charge in [-0.25, -0.2) is 4.79 Å². The number of hydrogen-bond donors (Lipinski definition) is 0. The molecule has 1 aromatic carbocycles. The highest BCUT2D eigenvalue weighted by atomic mass is 79.9. The van der Waals surface area contributed by atoms with E-state index >= 15 is 0 Å². The number of carbonyl (C=O) groups excluding carboxylic acids is 1. The molecule has 20 heavy (non-hydrogen) atoms. The Morgan fingerprint density at radius 3 is 2.30 bits per heavy atom. The van der Waals surface area contributed by atoms with Crippen molar-refractivity contribution < 1.29 is 14.3 Å². The molecule has 0 spiro atoms. The van der Waals surface area contributed by atoms with Crippen LogP contribution in [0.25, 0.3) is 0 Å². The van der Waals surface area contributed by atoms with E-state index in [0.29, 0.717) is 11.5 Å². The maximum absolute atomic E-state index is 10.7. The number of isocyanates is 1. The minimum Gasteiger partial charge on any atom is -0.493 e. The molecule has 0 unspecified atom stereocenters. The summed E-state index contributed by atoms with van der Waals surface area (Å²) in [6.07, 6.45) is 3.44. The number of ether oxygens (including phenoxy) is 2. The fourth-order valence-electron chi connectivity index (χ4n) is 2.62. The van der Waals surface area contributed by atoms with Crippen LogP contribution in [0, 0.1) is 0 Å². The second-order valence-electron chi connectivity index (χ2n) is 5.28. The topological polar surface area (TPSA) is 47.9 Å². The molecule has 0 aliphatic heterocycles. The van der Waals surface area contributed by atoms with Gasteiger partial charge in [0.25, 0.3) is 0 Å². The van der Waals surface area contributed by atoms with Gasteiger partial charge in [0, 0.05) is 5.56 Å². The van der Waals surface area contributed by atoms with Crippen LogP contribution in [0.4, 0.5) is 0 Å². The molecule has 1 aliphatic rings. The number of rotatable bonds is 5. The lowest BCUT2D eigenvalue weighted by Crippen LogP contribution is -2.11. The highest BCUT2D eigenvalue weighted by Crippen LogP contribution is 2.55. The number of benzene rings is 1. The summed E-state index contributed by atoms with van der Waals surface area (Å²) in [6.45, 7) is 4.19. The molecule has 0 atom stereocenters. The second kappa shape index (κ2) is 5.58. The van der Waals surface area contributed by atoms with Gasteiger partial charge in [0.15, 0.2) is 11.5 Å². The van der Waals surface area contributed by atoms with Crippen LogP contribution >= 0.6 is 15.9 Å². The van der Waals surface area contributed by atoms with Crippen LogP contribution in [0.2, 0.25) is 0 Å². The highest BCUT2D eigenvalue weighted by molar-refractivity contribution is 9.10. The Kier molecular flexibility index (Phi) is 4.21. The van der Waals surface area contributed by atoms with Gasteiger partial charge >= 0.3 is 0 Å². The Morgan fingerprint density at radius 1 is 1.30 bits per heavy atom. The monoisotopic (exact) mass is 339 g/mol. The quantitative estimate of drug-likeness (QED) is 0.603. The molecular weight excluding hydrogens is 322 g/mol. The zero-order chi connectivity index (χ0) is 14.9. The van der Waals surface area contributed by atoms with E-state index in [9.17, 15) is 4.79 Å². The standard InChI is InChI=1S/C15H18BrNO3/c1-9(2)12-10(15(5-6-15)17-8-18)7-11(16)13(19-3)14(12)20-4/h7,9H,5-6H2,1-4H3. The molecule has 4 nitrogen and oxygen atoms in total. The van der Waals surface area contributed by atoms with E-state index in [1.807, 2.05) is 6.07 Å². The first-order valence-corrected chi connectivity index (χ1v) is 7.34. The zero-order valence-electron chi connectivity index (χ0n) is 12.1. The maximum Gasteiger partial charge on any atom is 0.235 e. The molecule has 1 fully saturated rings. The van der Waals surface area contributed by atoms with Gasteiger partial charge in [-0.1, -0.05) is 13.8 Å². The largest absolute Gasteiger partial charge is 0.493 e.